The fourth-order valence-electron chi connectivity index (χ4n) is 2.22. The molecule has 0 fully saturated rings. The third kappa shape index (κ3) is 4.54. The van der Waals surface area contributed by atoms with E-state index in [9.17, 15) is 9.90 Å². The molecule has 2 aromatic rings. The van der Waals surface area contributed by atoms with Crippen molar-refractivity contribution in [3.63, 3.8) is 0 Å². The van der Waals surface area contributed by atoms with Gasteiger partial charge in [-0.25, -0.2) is 4.79 Å². The normalized spacial score (nSPS) is 12.0. The molecule has 0 spiro atoms. The van der Waals surface area contributed by atoms with Gasteiger partial charge in [-0.3, -0.25) is 0 Å². The molecule has 5 nitrogen and oxygen atoms in total. The maximum Gasteiger partial charge on any atom is 0.382 e. The average Bonchev–Trinajstić information content (AvgIpc) is 2.49. The van der Waals surface area contributed by atoms with E-state index in [0.717, 1.165) is 6.42 Å². The minimum atomic E-state index is -0.825. The Bertz CT molecular complexity index is 781. The highest BCUT2D eigenvalue weighted by Crippen LogP contribution is 2.34. The zero-order valence-electron chi connectivity index (χ0n) is 14.6. The van der Waals surface area contributed by atoms with Gasteiger partial charge in [0, 0.05) is 6.07 Å². The van der Waals surface area contributed by atoms with Gasteiger partial charge in [0.2, 0.25) is 5.75 Å². The summed E-state index contributed by atoms with van der Waals surface area (Å²) in [6.07, 6.45) is 5.69. The van der Waals surface area contributed by atoms with Crippen molar-refractivity contribution in [3.8, 4) is 17.2 Å². The summed E-state index contributed by atoms with van der Waals surface area (Å²) in [5, 5.41) is 10.5. The van der Waals surface area contributed by atoms with Crippen LogP contribution in [-0.2, 0) is 0 Å². The first kappa shape index (κ1) is 17.9. The van der Waals surface area contributed by atoms with Gasteiger partial charge in [0.1, 0.15) is 16.9 Å². The largest absolute Gasteiger partial charge is 0.499 e. The highest BCUT2D eigenvalue weighted by Gasteiger charge is 2.17. The Morgan fingerprint density at radius 1 is 1.25 bits per heavy atom. The smallest absolute Gasteiger partial charge is 0.382 e. The number of ether oxygens (including phenoxy) is 2. The lowest BCUT2D eigenvalue weighted by atomic mass is 10.1. The van der Waals surface area contributed by atoms with Crippen molar-refractivity contribution in [1.29, 1.82) is 0 Å². The van der Waals surface area contributed by atoms with Crippen molar-refractivity contribution in [2.75, 3.05) is 6.61 Å². The number of rotatable bonds is 6. The molecule has 24 heavy (non-hydrogen) atoms. The molecule has 0 saturated carbocycles. The van der Waals surface area contributed by atoms with Gasteiger partial charge in [-0.15, -0.1) is 0 Å². The molecule has 0 aliphatic heterocycles. The topological polar surface area (TPSA) is 68.9 Å². The molecule has 0 atom stereocenters. The van der Waals surface area contributed by atoms with Crippen LogP contribution in [0.25, 0.3) is 11.0 Å². The number of allylic oxidation sites excluding steroid dienone is 1. The van der Waals surface area contributed by atoms with Gasteiger partial charge in [-0.1, -0.05) is 19.1 Å². The zero-order chi connectivity index (χ0) is 17.7. The monoisotopic (exact) mass is 332 g/mol. The van der Waals surface area contributed by atoms with E-state index in [4.69, 9.17) is 13.9 Å². The van der Waals surface area contributed by atoms with E-state index in [1.54, 1.807) is 18.2 Å². The molecule has 0 bridgehead atoms. The van der Waals surface area contributed by atoms with Crippen LogP contribution in [0.2, 0.25) is 0 Å². The van der Waals surface area contributed by atoms with Crippen molar-refractivity contribution >= 4 is 11.0 Å². The van der Waals surface area contributed by atoms with Gasteiger partial charge in [0.25, 0.3) is 0 Å². The molecule has 1 aromatic carbocycles. The summed E-state index contributed by atoms with van der Waals surface area (Å²) in [4.78, 5) is 11.8. The first-order valence-electron chi connectivity index (χ1n) is 8.08. The number of benzene rings is 1. The van der Waals surface area contributed by atoms with E-state index < -0.39 is 11.4 Å². The molecule has 0 radical (unpaired) electrons. The first-order valence-corrected chi connectivity index (χ1v) is 8.08. The molecule has 2 rings (SSSR count). The Morgan fingerprint density at radius 3 is 2.67 bits per heavy atom. The summed E-state index contributed by atoms with van der Waals surface area (Å²) in [5.74, 6) is 0.223. The molecule has 0 aliphatic carbocycles. The lowest BCUT2D eigenvalue weighted by Crippen LogP contribution is -2.22. The third-order valence-electron chi connectivity index (χ3n) is 3.17. The van der Waals surface area contributed by atoms with E-state index >= 15 is 0 Å². The van der Waals surface area contributed by atoms with E-state index in [1.807, 2.05) is 32.9 Å². The van der Waals surface area contributed by atoms with Crippen LogP contribution in [0.5, 0.6) is 17.2 Å². The standard InChI is InChI=1S/C19H24O5/c1-5-6-7-8-11-22-17-14-10-9-13(24-19(2,3)4)12-15(14)23-18(21)16(17)20/h6-7,9-10,12,20H,5,8,11H2,1-4H3. The molecule has 1 N–H and O–H groups in total. The second-order valence-corrected chi connectivity index (χ2v) is 6.46. The predicted octanol–water partition coefficient (Wildman–Crippen LogP) is 4.41. The van der Waals surface area contributed by atoms with Crippen molar-refractivity contribution in [1.82, 2.24) is 0 Å². The van der Waals surface area contributed by atoms with Crippen molar-refractivity contribution < 1.29 is 19.0 Å². The molecule has 0 saturated heterocycles. The van der Waals surface area contributed by atoms with Crippen LogP contribution in [0.4, 0.5) is 0 Å². The quantitative estimate of drug-likeness (QED) is 0.482. The van der Waals surface area contributed by atoms with Crippen LogP contribution in [-0.4, -0.2) is 17.3 Å². The summed E-state index contributed by atoms with van der Waals surface area (Å²) >= 11 is 0. The Morgan fingerprint density at radius 2 is 2.00 bits per heavy atom. The Kier molecular flexibility index (Phi) is 5.54. The number of aromatic hydroxyl groups is 1. The Balaban J connectivity index is 2.34. The second kappa shape index (κ2) is 7.43. The van der Waals surface area contributed by atoms with Crippen LogP contribution >= 0.6 is 0 Å². The fraction of sp³-hybridized carbons (Fsp3) is 0.421. The molecule has 5 heteroatoms. The van der Waals surface area contributed by atoms with Gasteiger partial charge in [-0.05, 0) is 45.7 Å². The summed E-state index contributed by atoms with van der Waals surface area (Å²) in [6, 6.07) is 5.11. The minimum Gasteiger partial charge on any atom is -0.499 e. The maximum absolute atomic E-state index is 11.8. The lowest BCUT2D eigenvalue weighted by Gasteiger charge is -2.21. The van der Waals surface area contributed by atoms with Crippen LogP contribution in [0.1, 0.15) is 40.5 Å². The van der Waals surface area contributed by atoms with Gasteiger partial charge < -0.3 is 19.0 Å². The van der Waals surface area contributed by atoms with Crippen molar-refractivity contribution in [2.24, 2.45) is 0 Å². The molecular formula is C19H24O5. The highest BCUT2D eigenvalue weighted by molar-refractivity contribution is 5.86. The molecule has 0 amide bonds. The van der Waals surface area contributed by atoms with E-state index in [-0.39, 0.29) is 11.4 Å². The van der Waals surface area contributed by atoms with Gasteiger partial charge in [0.05, 0.1) is 12.0 Å². The highest BCUT2D eigenvalue weighted by atomic mass is 16.5. The second-order valence-electron chi connectivity index (χ2n) is 6.46. The van der Waals surface area contributed by atoms with Gasteiger partial charge in [-0.2, -0.15) is 0 Å². The SMILES string of the molecule is CCC=CCCOc1c(O)c(=O)oc2cc(OC(C)(C)C)ccc12. The van der Waals surface area contributed by atoms with Gasteiger partial charge >= 0.3 is 5.63 Å². The molecular weight excluding hydrogens is 308 g/mol. The predicted molar refractivity (Wildman–Crippen MR) is 94.1 cm³/mol. The van der Waals surface area contributed by atoms with Crippen LogP contribution in [0.3, 0.4) is 0 Å². The molecule has 1 aromatic heterocycles. The molecule has 0 aliphatic rings. The first-order chi connectivity index (χ1) is 11.3. The molecule has 1 heterocycles. The van der Waals surface area contributed by atoms with Crippen molar-refractivity contribution in [2.45, 2.75) is 46.1 Å². The zero-order valence-corrected chi connectivity index (χ0v) is 14.6. The van der Waals surface area contributed by atoms with Crippen LogP contribution < -0.4 is 15.1 Å². The number of hydrogen-bond acceptors (Lipinski definition) is 5. The van der Waals surface area contributed by atoms with E-state index in [1.165, 1.54) is 0 Å². The number of fused-ring (bicyclic) bond motifs is 1. The van der Waals surface area contributed by atoms with E-state index in [0.29, 0.717) is 29.7 Å². The molecule has 0 unspecified atom stereocenters. The molecule has 130 valence electrons. The lowest BCUT2D eigenvalue weighted by molar-refractivity contribution is 0.131. The minimum absolute atomic E-state index is 0.147. The van der Waals surface area contributed by atoms with Gasteiger partial charge in [0.15, 0.2) is 5.75 Å². The Hall–Kier alpha value is -2.43. The average molecular weight is 332 g/mol. The summed E-state index contributed by atoms with van der Waals surface area (Å²) in [5.41, 5.74) is -0.872. The fourth-order valence-corrected chi connectivity index (χ4v) is 2.22. The third-order valence-corrected chi connectivity index (χ3v) is 3.17. The van der Waals surface area contributed by atoms with E-state index in [2.05, 4.69) is 6.92 Å². The van der Waals surface area contributed by atoms with Crippen molar-refractivity contribution in [3.05, 3.63) is 40.8 Å². The Labute approximate surface area is 141 Å². The van der Waals surface area contributed by atoms with Crippen LogP contribution in [0, 0.1) is 0 Å². The van der Waals surface area contributed by atoms with Crippen LogP contribution in [0.15, 0.2) is 39.6 Å². The summed E-state index contributed by atoms with van der Waals surface area (Å²) in [7, 11) is 0. The summed E-state index contributed by atoms with van der Waals surface area (Å²) in [6.45, 7) is 8.22. The summed E-state index contributed by atoms with van der Waals surface area (Å²) < 4.78 is 16.5. The number of hydrogen-bond donors (Lipinski definition) is 1. The maximum atomic E-state index is 11.8.